The first-order valence-electron chi connectivity index (χ1n) is 8.59. The number of halogens is 1. The SMILES string of the molecule is Cc1cc2cc(-c3ccc(Br)cc3)cn2c(N2CCOCC2)c1C(N)=O. The van der Waals surface area contributed by atoms with Gasteiger partial charge in [-0.05, 0) is 42.3 Å². The summed E-state index contributed by atoms with van der Waals surface area (Å²) >= 11 is 3.48. The van der Waals surface area contributed by atoms with Crippen LogP contribution in [-0.4, -0.2) is 36.6 Å². The summed E-state index contributed by atoms with van der Waals surface area (Å²) in [6, 6.07) is 12.4. The molecule has 134 valence electrons. The lowest BCUT2D eigenvalue weighted by atomic mass is 10.1. The number of hydrogen-bond donors (Lipinski definition) is 1. The van der Waals surface area contributed by atoms with Crippen LogP contribution < -0.4 is 10.6 Å². The minimum Gasteiger partial charge on any atom is -0.378 e. The Morgan fingerprint density at radius 2 is 1.81 bits per heavy atom. The van der Waals surface area contributed by atoms with Gasteiger partial charge in [-0.3, -0.25) is 4.79 Å². The molecule has 1 amide bonds. The van der Waals surface area contributed by atoms with E-state index in [1.165, 1.54) is 0 Å². The Bertz CT molecular complexity index is 973. The van der Waals surface area contributed by atoms with Gasteiger partial charge < -0.3 is 19.8 Å². The first kappa shape index (κ1) is 17.1. The number of hydrogen-bond acceptors (Lipinski definition) is 3. The van der Waals surface area contributed by atoms with Crippen LogP contribution in [0.4, 0.5) is 5.82 Å². The molecule has 0 saturated carbocycles. The fourth-order valence-corrected chi connectivity index (χ4v) is 3.82. The van der Waals surface area contributed by atoms with E-state index < -0.39 is 5.91 Å². The Morgan fingerprint density at radius 1 is 1.12 bits per heavy atom. The molecule has 0 spiro atoms. The molecule has 3 heterocycles. The number of benzene rings is 1. The zero-order valence-electron chi connectivity index (χ0n) is 14.5. The van der Waals surface area contributed by atoms with E-state index in [1.54, 1.807) is 0 Å². The van der Waals surface area contributed by atoms with Crippen molar-refractivity contribution in [1.82, 2.24) is 4.40 Å². The van der Waals surface area contributed by atoms with E-state index in [0.717, 1.165) is 45.6 Å². The van der Waals surface area contributed by atoms with Crippen LogP contribution in [-0.2, 0) is 4.74 Å². The van der Waals surface area contributed by atoms with Crippen molar-refractivity contribution in [3.63, 3.8) is 0 Å². The van der Waals surface area contributed by atoms with E-state index in [0.29, 0.717) is 18.8 Å². The van der Waals surface area contributed by atoms with Gasteiger partial charge in [0.25, 0.3) is 5.91 Å². The number of pyridine rings is 1. The predicted octanol–water partition coefficient (Wildman–Crippen LogP) is 3.61. The molecule has 0 unspecified atom stereocenters. The Hall–Kier alpha value is -2.31. The maximum Gasteiger partial charge on any atom is 0.252 e. The Balaban J connectivity index is 1.93. The molecule has 0 radical (unpaired) electrons. The van der Waals surface area contributed by atoms with Crippen molar-refractivity contribution in [2.75, 3.05) is 31.2 Å². The molecule has 3 aromatic rings. The summed E-state index contributed by atoms with van der Waals surface area (Å²) in [5, 5.41) is 0. The summed E-state index contributed by atoms with van der Waals surface area (Å²) in [6.07, 6.45) is 2.08. The van der Waals surface area contributed by atoms with Crippen molar-refractivity contribution < 1.29 is 9.53 Å². The molecule has 2 N–H and O–H groups in total. The predicted molar refractivity (Wildman–Crippen MR) is 107 cm³/mol. The quantitative estimate of drug-likeness (QED) is 0.713. The van der Waals surface area contributed by atoms with Gasteiger partial charge in [-0.25, -0.2) is 0 Å². The van der Waals surface area contributed by atoms with E-state index >= 15 is 0 Å². The number of amides is 1. The third-order valence-corrected chi connectivity index (χ3v) is 5.32. The Kier molecular flexibility index (Phi) is 4.46. The van der Waals surface area contributed by atoms with Gasteiger partial charge in [0.05, 0.1) is 18.8 Å². The number of rotatable bonds is 3. The van der Waals surface area contributed by atoms with Gasteiger partial charge in [0.1, 0.15) is 5.82 Å². The number of primary amides is 1. The third kappa shape index (κ3) is 2.99. The van der Waals surface area contributed by atoms with Crippen LogP contribution in [0.5, 0.6) is 0 Å². The zero-order valence-corrected chi connectivity index (χ0v) is 16.1. The van der Waals surface area contributed by atoms with Gasteiger partial charge in [-0.1, -0.05) is 28.1 Å². The number of carbonyl (C=O) groups excluding carboxylic acids is 1. The molecular formula is C20H20BrN3O2. The van der Waals surface area contributed by atoms with Crippen molar-refractivity contribution >= 4 is 33.2 Å². The standard InChI is InChI=1S/C20H20BrN3O2/c1-13-10-17-11-15(14-2-4-16(21)5-3-14)12-24(17)20(18(13)19(22)25)23-6-8-26-9-7-23/h2-5,10-12H,6-9H2,1H3,(H2,22,25). The van der Waals surface area contributed by atoms with Crippen molar-refractivity contribution in [2.45, 2.75) is 6.92 Å². The highest BCUT2D eigenvalue weighted by molar-refractivity contribution is 9.10. The molecule has 6 heteroatoms. The van der Waals surface area contributed by atoms with Gasteiger partial charge in [-0.2, -0.15) is 0 Å². The number of anilines is 1. The van der Waals surface area contributed by atoms with E-state index in [1.807, 2.05) is 25.1 Å². The molecule has 1 aliphatic rings. The number of fused-ring (bicyclic) bond motifs is 1. The minimum absolute atomic E-state index is 0.398. The number of morpholine rings is 1. The summed E-state index contributed by atoms with van der Waals surface area (Å²) in [6.45, 7) is 4.72. The summed E-state index contributed by atoms with van der Waals surface area (Å²) in [4.78, 5) is 14.4. The highest BCUT2D eigenvalue weighted by Gasteiger charge is 2.23. The van der Waals surface area contributed by atoms with E-state index in [2.05, 4.69) is 49.6 Å². The van der Waals surface area contributed by atoms with Crippen LogP contribution in [0.25, 0.3) is 16.6 Å². The number of aromatic nitrogens is 1. The number of nitrogens with two attached hydrogens (primary N) is 1. The maximum atomic E-state index is 12.2. The average Bonchev–Trinajstić information content (AvgIpc) is 3.05. The van der Waals surface area contributed by atoms with Crippen molar-refractivity contribution in [3.8, 4) is 11.1 Å². The number of aryl methyl sites for hydroxylation is 1. The molecule has 1 aliphatic heterocycles. The lowest BCUT2D eigenvalue weighted by molar-refractivity contribution is 0.0997. The highest BCUT2D eigenvalue weighted by Crippen LogP contribution is 2.32. The summed E-state index contributed by atoms with van der Waals surface area (Å²) in [5.74, 6) is 0.462. The molecule has 0 atom stereocenters. The van der Waals surface area contributed by atoms with Crippen LogP contribution in [0.15, 0.2) is 47.1 Å². The fraction of sp³-hybridized carbons (Fsp3) is 0.250. The first-order chi connectivity index (χ1) is 12.5. The summed E-state index contributed by atoms with van der Waals surface area (Å²) in [5.41, 5.74) is 10.5. The molecule has 0 bridgehead atoms. The zero-order chi connectivity index (χ0) is 18.3. The van der Waals surface area contributed by atoms with Crippen LogP contribution >= 0.6 is 15.9 Å². The fourth-order valence-electron chi connectivity index (χ4n) is 3.56. The second-order valence-corrected chi connectivity index (χ2v) is 7.44. The van der Waals surface area contributed by atoms with Gasteiger partial charge in [0, 0.05) is 34.8 Å². The van der Waals surface area contributed by atoms with Crippen molar-refractivity contribution in [2.24, 2.45) is 5.73 Å². The second kappa shape index (κ2) is 6.78. The van der Waals surface area contributed by atoms with Gasteiger partial charge in [0.15, 0.2) is 0 Å². The second-order valence-electron chi connectivity index (χ2n) is 6.52. The molecule has 1 fully saturated rings. The number of ether oxygens (including phenoxy) is 1. The molecule has 5 nitrogen and oxygen atoms in total. The van der Waals surface area contributed by atoms with Crippen molar-refractivity contribution in [3.05, 3.63) is 58.2 Å². The average molecular weight is 414 g/mol. The highest BCUT2D eigenvalue weighted by atomic mass is 79.9. The number of nitrogens with zero attached hydrogens (tertiary/aromatic N) is 2. The van der Waals surface area contributed by atoms with Gasteiger partial charge in [0.2, 0.25) is 0 Å². The van der Waals surface area contributed by atoms with E-state index in [9.17, 15) is 4.79 Å². The summed E-state index contributed by atoms with van der Waals surface area (Å²) in [7, 11) is 0. The monoisotopic (exact) mass is 413 g/mol. The first-order valence-corrected chi connectivity index (χ1v) is 9.38. The minimum atomic E-state index is -0.398. The van der Waals surface area contributed by atoms with Crippen LogP contribution in [0.2, 0.25) is 0 Å². The lowest BCUT2D eigenvalue weighted by Gasteiger charge is -2.31. The largest absolute Gasteiger partial charge is 0.378 e. The van der Waals surface area contributed by atoms with Crippen LogP contribution in [0, 0.1) is 6.92 Å². The molecule has 4 rings (SSSR count). The molecule has 0 aliphatic carbocycles. The maximum absolute atomic E-state index is 12.2. The van der Waals surface area contributed by atoms with Crippen LogP contribution in [0.1, 0.15) is 15.9 Å². The molecular weight excluding hydrogens is 394 g/mol. The molecule has 26 heavy (non-hydrogen) atoms. The van der Waals surface area contributed by atoms with Gasteiger partial charge >= 0.3 is 0 Å². The topological polar surface area (TPSA) is 60.0 Å². The van der Waals surface area contributed by atoms with Gasteiger partial charge in [-0.15, -0.1) is 0 Å². The molecule has 2 aromatic heterocycles. The Morgan fingerprint density at radius 3 is 2.46 bits per heavy atom. The van der Waals surface area contributed by atoms with Crippen LogP contribution in [0.3, 0.4) is 0 Å². The number of carbonyl (C=O) groups is 1. The third-order valence-electron chi connectivity index (χ3n) is 4.79. The van der Waals surface area contributed by atoms with Crippen molar-refractivity contribution in [1.29, 1.82) is 0 Å². The smallest absolute Gasteiger partial charge is 0.252 e. The lowest BCUT2D eigenvalue weighted by Crippen LogP contribution is -2.39. The van der Waals surface area contributed by atoms with E-state index in [4.69, 9.17) is 10.5 Å². The molecule has 1 saturated heterocycles. The Labute approximate surface area is 160 Å². The normalized spacial score (nSPS) is 14.8. The van der Waals surface area contributed by atoms with E-state index in [-0.39, 0.29) is 0 Å². The summed E-state index contributed by atoms with van der Waals surface area (Å²) < 4.78 is 8.60. The molecule has 1 aromatic carbocycles.